The van der Waals surface area contributed by atoms with Crippen molar-refractivity contribution >= 4 is 11.8 Å². The van der Waals surface area contributed by atoms with Gasteiger partial charge in [0.2, 0.25) is 0 Å². The van der Waals surface area contributed by atoms with E-state index in [0.717, 1.165) is 31.4 Å². The number of carbonyl (C=O) groups excluding carboxylic acids is 1. The molecule has 0 aliphatic heterocycles. The van der Waals surface area contributed by atoms with Gasteiger partial charge in [-0.3, -0.25) is 9.69 Å². The van der Waals surface area contributed by atoms with Crippen molar-refractivity contribution in [2.45, 2.75) is 32.7 Å². The molecule has 1 fully saturated rings. The van der Waals surface area contributed by atoms with Gasteiger partial charge in [0, 0.05) is 39.9 Å². The van der Waals surface area contributed by atoms with Crippen LogP contribution >= 0.6 is 0 Å². The summed E-state index contributed by atoms with van der Waals surface area (Å²) in [6, 6.07) is 4.16. The SMILES string of the molecule is CCOC(=O)CCN(Cc1ccc(N(C)C)nc1)CC1CC1. The maximum atomic E-state index is 11.6. The minimum atomic E-state index is -0.107. The minimum absolute atomic E-state index is 0.107. The van der Waals surface area contributed by atoms with Crippen LogP contribution in [0.25, 0.3) is 0 Å². The highest BCUT2D eigenvalue weighted by molar-refractivity contribution is 5.69. The number of pyridine rings is 1. The number of anilines is 1. The Balaban J connectivity index is 1.89. The molecule has 0 radical (unpaired) electrons. The van der Waals surface area contributed by atoms with Gasteiger partial charge in [0.25, 0.3) is 0 Å². The van der Waals surface area contributed by atoms with Crippen molar-refractivity contribution in [3.05, 3.63) is 23.9 Å². The average Bonchev–Trinajstić information content (AvgIpc) is 3.29. The fraction of sp³-hybridized carbons (Fsp3) is 0.647. The van der Waals surface area contributed by atoms with Crippen LogP contribution in [-0.2, 0) is 16.1 Å². The van der Waals surface area contributed by atoms with Gasteiger partial charge in [0.1, 0.15) is 5.82 Å². The van der Waals surface area contributed by atoms with Crippen LogP contribution < -0.4 is 4.90 Å². The zero-order valence-electron chi connectivity index (χ0n) is 13.9. The second kappa shape index (κ2) is 8.13. The lowest BCUT2D eigenvalue weighted by Gasteiger charge is -2.22. The first-order valence-electron chi connectivity index (χ1n) is 8.08. The molecule has 0 bridgehead atoms. The fourth-order valence-corrected chi connectivity index (χ4v) is 2.42. The molecule has 0 N–H and O–H groups in total. The van der Waals surface area contributed by atoms with Gasteiger partial charge in [-0.2, -0.15) is 0 Å². The smallest absolute Gasteiger partial charge is 0.307 e. The van der Waals surface area contributed by atoms with Crippen LogP contribution in [0.4, 0.5) is 5.82 Å². The van der Waals surface area contributed by atoms with E-state index in [-0.39, 0.29) is 5.97 Å². The summed E-state index contributed by atoms with van der Waals surface area (Å²) in [5.74, 6) is 1.66. The predicted molar refractivity (Wildman–Crippen MR) is 87.8 cm³/mol. The van der Waals surface area contributed by atoms with Gasteiger partial charge in [-0.25, -0.2) is 4.98 Å². The maximum Gasteiger partial charge on any atom is 0.307 e. The van der Waals surface area contributed by atoms with Gasteiger partial charge in [0.15, 0.2) is 0 Å². The van der Waals surface area contributed by atoms with Crippen molar-refractivity contribution in [3.8, 4) is 0 Å². The predicted octanol–water partition coefficient (Wildman–Crippen LogP) is 2.31. The fourth-order valence-electron chi connectivity index (χ4n) is 2.42. The third-order valence-corrected chi connectivity index (χ3v) is 3.82. The lowest BCUT2D eigenvalue weighted by molar-refractivity contribution is -0.143. The Morgan fingerprint density at radius 1 is 1.36 bits per heavy atom. The molecule has 0 atom stereocenters. The summed E-state index contributed by atoms with van der Waals surface area (Å²) in [5, 5.41) is 0. The lowest BCUT2D eigenvalue weighted by Crippen LogP contribution is -2.28. The molecule has 5 nitrogen and oxygen atoms in total. The Morgan fingerprint density at radius 2 is 2.14 bits per heavy atom. The van der Waals surface area contributed by atoms with Crippen LogP contribution in [-0.4, -0.2) is 49.6 Å². The third kappa shape index (κ3) is 5.64. The Morgan fingerprint density at radius 3 is 2.68 bits per heavy atom. The number of esters is 1. The van der Waals surface area contributed by atoms with E-state index in [1.165, 1.54) is 18.4 Å². The van der Waals surface area contributed by atoms with Gasteiger partial charge in [-0.15, -0.1) is 0 Å². The Bertz CT molecular complexity index is 469. The highest BCUT2D eigenvalue weighted by atomic mass is 16.5. The van der Waals surface area contributed by atoms with E-state index >= 15 is 0 Å². The van der Waals surface area contributed by atoms with Gasteiger partial charge in [0.05, 0.1) is 13.0 Å². The molecule has 5 heteroatoms. The van der Waals surface area contributed by atoms with E-state index in [9.17, 15) is 4.79 Å². The number of hydrogen-bond donors (Lipinski definition) is 0. The first-order valence-corrected chi connectivity index (χ1v) is 8.08. The highest BCUT2D eigenvalue weighted by Crippen LogP contribution is 2.30. The molecule has 0 amide bonds. The average molecular weight is 305 g/mol. The summed E-state index contributed by atoms with van der Waals surface area (Å²) in [4.78, 5) is 20.4. The van der Waals surface area contributed by atoms with E-state index < -0.39 is 0 Å². The second-order valence-corrected chi connectivity index (χ2v) is 6.15. The highest BCUT2D eigenvalue weighted by Gasteiger charge is 2.24. The first kappa shape index (κ1) is 16.7. The van der Waals surface area contributed by atoms with Crippen molar-refractivity contribution < 1.29 is 9.53 Å². The van der Waals surface area contributed by atoms with E-state index in [0.29, 0.717) is 13.0 Å². The van der Waals surface area contributed by atoms with Crippen molar-refractivity contribution in [3.63, 3.8) is 0 Å². The summed E-state index contributed by atoms with van der Waals surface area (Å²) in [7, 11) is 3.97. The van der Waals surface area contributed by atoms with Gasteiger partial charge in [-0.05, 0) is 37.3 Å². The van der Waals surface area contributed by atoms with Crippen molar-refractivity contribution in [2.75, 3.05) is 38.7 Å². The number of carbonyl (C=O) groups is 1. The molecule has 0 saturated heterocycles. The van der Waals surface area contributed by atoms with Gasteiger partial charge >= 0.3 is 5.97 Å². The Kier molecular flexibility index (Phi) is 6.19. The largest absolute Gasteiger partial charge is 0.466 e. The van der Waals surface area contributed by atoms with Crippen molar-refractivity contribution in [2.24, 2.45) is 5.92 Å². The molecular weight excluding hydrogens is 278 g/mol. The molecule has 22 heavy (non-hydrogen) atoms. The van der Waals surface area contributed by atoms with Crippen LogP contribution in [0.15, 0.2) is 18.3 Å². The summed E-state index contributed by atoms with van der Waals surface area (Å²) >= 11 is 0. The maximum absolute atomic E-state index is 11.6. The van der Waals surface area contributed by atoms with Crippen LogP contribution in [0, 0.1) is 5.92 Å². The molecule has 122 valence electrons. The molecule has 1 heterocycles. The molecule has 1 aliphatic rings. The molecule has 0 aromatic carbocycles. The summed E-state index contributed by atoms with van der Waals surface area (Å²) in [5.41, 5.74) is 1.19. The third-order valence-electron chi connectivity index (χ3n) is 3.82. The minimum Gasteiger partial charge on any atom is -0.466 e. The molecule has 1 aromatic heterocycles. The summed E-state index contributed by atoms with van der Waals surface area (Å²) in [6.07, 6.45) is 5.02. The number of hydrogen-bond acceptors (Lipinski definition) is 5. The summed E-state index contributed by atoms with van der Waals surface area (Å²) in [6.45, 7) is 4.96. The lowest BCUT2D eigenvalue weighted by atomic mass is 10.2. The van der Waals surface area contributed by atoms with E-state index in [1.807, 2.05) is 38.2 Å². The number of nitrogens with zero attached hydrogens (tertiary/aromatic N) is 3. The first-order chi connectivity index (χ1) is 10.6. The van der Waals surface area contributed by atoms with Crippen LogP contribution in [0.1, 0.15) is 31.7 Å². The molecule has 1 saturated carbocycles. The van der Waals surface area contributed by atoms with Crippen molar-refractivity contribution in [1.29, 1.82) is 0 Å². The van der Waals surface area contributed by atoms with E-state index in [1.54, 1.807) is 0 Å². The standard InChI is InChI=1S/C17H27N3O2/c1-4-22-17(21)9-10-20(12-14-5-6-14)13-15-7-8-16(18-11-15)19(2)3/h7-8,11,14H,4-6,9-10,12-13H2,1-3H3. The van der Waals surface area contributed by atoms with Crippen molar-refractivity contribution in [1.82, 2.24) is 9.88 Å². The van der Waals surface area contributed by atoms with Crippen LogP contribution in [0.5, 0.6) is 0 Å². The molecule has 0 unspecified atom stereocenters. The molecule has 1 aromatic rings. The molecular formula is C17H27N3O2. The molecule has 2 rings (SSSR count). The zero-order valence-corrected chi connectivity index (χ0v) is 13.9. The Hall–Kier alpha value is -1.62. The number of aromatic nitrogens is 1. The monoisotopic (exact) mass is 305 g/mol. The van der Waals surface area contributed by atoms with E-state index in [2.05, 4.69) is 16.0 Å². The Labute approximate surface area is 133 Å². The number of ether oxygens (including phenoxy) is 1. The molecule has 0 spiro atoms. The number of rotatable bonds is 9. The quantitative estimate of drug-likeness (QED) is 0.655. The summed E-state index contributed by atoms with van der Waals surface area (Å²) < 4.78 is 5.02. The van der Waals surface area contributed by atoms with Gasteiger partial charge in [-0.1, -0.05) is 6.07 Å². The van der Waals surface area contributed by atoms with Crippen LogP contribution in [0.2, 0.25) is 0 Å². The normalized spacial score (nSPS) is 14.2. The molecule has 1 aliphatic carbocycles. The second-order valence-electron chi connectivity index (χ2n) is 6.15. The topological polar surface area (TPSA) is 45.7 Å². The van der Waals surface area contributed by atoms with Crippen LogP contribution in [0.3, 0.4) is 0 Å². The van der Waals surface area contributed by atoms with Gasteiger partial charge < -0.3 is 9.64 Å². The van der Waals surface area contributed by atoms with E-state index in [4.69, 9.17) is 4.74 Å². The zero-order chi connectivity index (χ0) is 15.9.